The number of fused-ring (bicyclic) bond motifs is 2. The van der Waals surface area contributed by atoms with E-state index in [9.17, 15) is 0 Å². The summed E-state index contributed by atoms with van der Waals surface area (Å²) in [5, 5.41) is 5.00. The second-order valence-corrected chi connectivity index (χ2v) is 5.75. The molecular weight excluding hydrogens is 282 g/mol. The Morgan fingerprint density at radius 3 is 2.04 bits per heavy atom. The molecule has 0 saturated carbocycles. The molecule has 0 aliphatic carbocycles. The first-order chi connectivity index (χ1) is 11.3. The number of aryl methyl sites for hydroxylation is 1. The molecule has 112 valence electrons. The van der Waals surface area contributed by atoms with Gasteiger partial charge in [-0.15, -0.1) is 0 Å². The zero-order valence-corrected chi connectivity index (χ0v) is 13.0. The molecule has 0 amide bonds. The van der Waals surface area contributed by atoms with Gasteiger partial charge in [0, 0.05) is 6.07 Å². The van der Waals surface area contributed by atoms with Crippen molar-refractivity contribution in [2.75, 3.05) is 5.43 Å². The van der Waals surface area contributed by atoms with Crippen molar-refractivity contribution in [3.8, 4) is 11.1 Å². The largest absolute Gasteiger partial charge is 0.292 e. The number of anilines is 1. The van der Waals surface area contributed by atoms with Crippen molar-refractivity contribution in [3.63, 3.8) is 0 Å². The minimum Gasteiger partial charge on any atom is -0.236 e. The highest BCUT2D eigenvalue weighted by Crippen LogP contribution is 2.36. The fourth-order valence-electron chi connectivity index (χ4n) is 3.19. The molecule has 1 heterocycles. The van der Waals surface area contributed by atoms with Crippen molar-refractivity contribution in [1.29, 1.82) is 0 Å². The maximum absolute atomic E-state index is 5.65. The van der Waals surface area contributed by atoms with Gasteiger partial charge >= 0.3 is 0 Å². The number of benzene rings is 3. The first-order valence-electron chi connectivity index (χ1n) is 7.65. The predicted molar refractivity (Wildman–Crippen MR) is 95.9 cm³/mol. The molecule has 23 heavy (non-hydrogen) atoms. The number of nitrogens with zero attached hydrogens (tertiary/aromatic N) is 1. The molecule has 0 spiro atoms. The normalized spacial score (nSPS) is 11.0. The van der Waals surface area contributed by atoms with Crippen molar-refractivity contribution < 1.29 is 4.57 Å². The molecular formula is C20H18N3+. The van der Waals surface area contributed by atoms with Crippen LogP contribution in [0.4, 0.5) is 5.82 Å². The zero-order chi connectivity index (χ0) is 15.8. The smallest absolute Gasteiger partial charge is 0.236 e. The average Bonchev–Trinajstić information content (AvgIpc) is 2.60. The van der Waals surface area contributed by atoms with Gasteiger partial charge in [-0.05, 0) is 44.8 Å². The minimum atomic E-state index is 0.875. The number of hydrogen-bond acceptors (Lipinski definition) is 2. The number of hydrogen-bond donors (Lipinski definition) is 2. The third-order valence-electron chi connectivity index (χ3n) is 4.36. The van der Waals surface area contributed by atoms with Gasteiger partial charge in [-0.3, -0.25) is 0 Å². The Balaban J connectivity index is 2.15. The van der Waals surface area contributed by atoms with Crippen LogP contribution in [0.2, 0.25) is 0 Å². The number of nitrogens with one attached hydrogen (secondary N) is 1. The van der Waals surface area contributed by atoms with Crippen LogP contribution >= 0.6 is 0 Å². The molecule has 0 aliphatic heterocycles. The van der Waals surface area contributed by atoms with Crippen LogP contribution in [-0.4, -0.2) is 0 Å². The third-order valence-corrected chi connectivity index (χ3v) is 4.36. The summed E-state index contributed by atoms with van der Waals surface area (Å²) < 4.78 is 1.97. The second-order valence-electron chi connectivity index (χ2n) is 5.75. The first kappa shape index (κ1) is 13.7. The highest BCUT2D eigenvalue weighted by atomic mass is 15.3. The molecule has 3 aromatic carbocycles. The number of nitrogen functional groups attached to an aromatic ring is 1. The molecule has 3 heteroatoms. The van der Waals surface area contributed by atoms with Crippen molar-refractivity contribution in [3.05, 3.63) is 72.9 Å². The summed E-state index contributed by atoms with van der Waals surface area (Å²) in [5.41, 5.74) is 5.17. The number of hydrazine groups is 1. The SMILES string of the molecule is C[n+]1ccc(-c2c3ccccc3cc3ccccc23)cc1NN. The van der Waals surface area contributed by atoms with Gasteiger partial charge in [0.05, 0.1) is 13.2 Å². The summed E-state index contributed by atoms with van der Waals surface area (Å²) in [6.45, 7) is 0. The van der Waals surface area contributed by atoms with E-state index in [1.165, 1.54) is 27.1 Å². The Morgan fingerprint density at radius 2 is 1.43 bits per heavy atom. The van der Waals surface area contributed by atoms with Crippen LogP contribution in [0.5, 0.6) is 0 Å². The number of aromatic nitrogens is 1. The summed E-state index contributed by atoms with van der Waals surface area (Å²) in [6, 6.07) is 23.5. The Kier molecular flexibility index (Phi) is 3.21. The van der Waals surface area contributed by atoms with Crippen LogP contribution in [0.1, 0.15) is 0 Å². The summed E-state index contributed by atoms with van der Waals surface area (Å²) in [7, 11) is 1.97. The van der Waals surface area contributed by atoms with Gasteiger partial charge in [-0.2, -0.15) is 11.3 Å². The molecule has 0 unspecified atom stereocenters. The third kappa shape index (κ3) is 2.22. The van der Waals surface area contributed by atoms with E-state index in [0.29, 0.717) is 0 Å². The van der Waals surface area contributed by atoms with Gasteiger partial charge in [0.15, 0.2) is 0 Å². The Hall–Kier alpha value is -2.91. The minimum absolute atomic E-state index is 0.875. The van der Waals surface area contributed by atoms with Gasteiger partial charge in [0.1, 0.15) is 0 Å². The summed E-state index contributed by atoms with van der Waals surface area (Å²) in [4.78, 5) is 0. The Morgan fingerprint density at radius 1 is 0.826 bits per heavy atom. The van der Waals surface area contributed by atoms with Gasteiger partial charge in [0.25, 0.3) is 5.82 Å². The van der Waals surface area contributed by atoms with E-state index in [-0.39, 0.29) is 0 Å². The van der Waals surface area contributed by atoms with Crippen LogP contribution in [0.25, 0.3) is 32.7 Å². The van der Waals surface area contributed by atoms with Gasteiger partial charge < -0.3 is 0 Å². The molecule has 0 saturated heterocycles. The summed E-state index contributed by atoms with van der Waals surface area (Å²) in [6.07, 6.45) is 2.03. The Labute approximate surface area is 135 Å². The van der Waals surface area contributed by atoms with Crippen LogP contribution < -0.4 is 15.8 Å². The maximum atomic E-state index is 5.65. The molecule has 0 aliphatic rings. The van der Waals surface area contributed by atoms with Crippen LogP contribution in [0, 0.1) is 0 Å². The highest BCUT2D eigenvalue weighted by Gasteiger charge is 2.12. The first-order valence-corrected chi connectivity index (χ1v) is 7.65. The summed E-state index contributed by atoms with van der Waals surface area (Å²) in [5.74, 6) is 6.53. The van der Waals surface area contributed by atoms with E-state index in [1.807, 2.05) is 17.8 Å². The molecule has 4 aromatic rings. The zero-order valence-electron chi connectivity index (χ0n) is 13.0. The van der Waals surface area contributed by atoms with Gasteiger partial charge in [0.2, 0.25) is 0 Å². The lowest BCUT2D eigenvalue weighted by atomic mass is 9.92. The molecule has 0 atom stereocenters. The molecule has 4 rings (SSSR count). The standard InChI is InChI=1S/C20H17N3/c1-23-11-10-16(13-19(23)22-21)20-17-8-4-2-6-14(17)12-15-7-3-5-9-18(15)20/h2-13H,21H2,1H3/p+1. The van der Waals surface area contributed by atoms with Crippen molar-refractivity contribution in [2.45, 2.75) is 0 Å². The molecule has 0 radical (unpaired) electrons. The van der Waals surface area contributed by atoms with Crippen molar-refractivity contribution in [2.24, 2.45) is 12.9 Å². The van der Waals surface area contributed by atoms with E-state index in [1.54, 1.807) is 0 Å². The fraction of sp³-hybridized carbons (Fsp3) is 0.0500. The summed E-state index contributed by atoms with van der Waals surface area (Å²) >= 11 is 0. The van der Waals surface area contributed by atoms with Crippen LogP contribution in [0.3, 0.4) is 0 Å². The maximum Gasteiger partial charge on any atom is 0.292 e. The molecule has 1 aromatic heterocycles. The lowest BCUT2D eigenvalue weighted by Crippen LogP contribution is -2.33. The number of nitrogens with two attached hydrogens (primary N) is 1. The van der Waals surface area contributed by atoms with E-state index in [2.05, 4.69) is 72.2 Å². The number of pyridine rings is 1. The number of rotatable bonds is 2. The quantitative estimate of drug-likeness (QED) is 0.256. The molecule has 0 fully saturated rings. The van der Waals surface area contributed by atoms with E-state index < -0.39 is 0 Å². The van der Waals surface area contributed by atoms with Gasteiger partial charge in [-0.25, -0.2) is 4.57 Å². The average molecular weight is 300 g/mol. The van der Waals surface area contributed by atoms with E-state index >= 15 is 0 Å². The highest BCUT2D eigenvalue weighted by molar-refractivity contribution is 6.12. The second kappa shape index (κ2) is 5.38. The molecule has 0 bridgehead atoms. The van der Waals surface area contributed by atoms with Crippen molar-refractivity contribution in [1.82, 2.24) is 0 Å². The van der Waals surface area contributed by atoms with Crippen LogP contribution in [-0.2, 0) is 7.05 Å². The molecule has 3 N–H and O–H groups in total. The van der Waals surface area contributed by atoms with Crippen molar-refractivity contribution >= 4 is 27.4 Å². The van der Waals surface area contributed by atoms with E-state index in [0.717, 1.165) is 11.4 Å². The topological polar surface area (TPSA) is 41.9 Å². The lowest BCUT2D eigenvalue weighted by molar-refractivity contribution is -0.657. The van der Waals surface area contributed by atoms with E-state index in [4.69, 9.17) is 5.84 Å². The fourth-order valence-corrected chi connectivity index (χ4v) is 3.19. The van der Waals surface area contributed by atoms with Crippen LogP contribution in [0.15, 0.2) is 72.9 Å². The monoisotopic (exact) mass is 300 g/mol. The molecule has 3 nitrogen and oxygen atoms in total. The lowest BCUT2D eigenvalue weighted by Gasteiger charge is -2.12. The predicted octanol–water partition coefficient (Wildman–Crippen LogP) is 3.77. The Bertz CT molecular complexity index is 968. The van der Waals surface area contributed by atoms with Gasteiger partial charge in [-0.1, -0.05) is 48.5 Å².